The van der Waals surface area contributed by atoms with Crippen LogP contribution in [0.1, 0.15) is 31.8 Å². The van der Waals surface area contributed by atoms with Gasteiger partial charge in [-0.1, -0.05) is 58.5 Å². The van der Waals surface area contributed by atoms with E-state index in [-0.39, 0.29) is 31.8 Å². The lowest BCUT2D eigenvalue weighted by atomic mass is 10.1. The molecule has 3 N–H and O–H groups in total. The lowest BCUT2D eigenvalue weighted by Gasteiger charge is -2.14. The first-order chi connectivity index (χ1) is 16.5. The number of carboxylic acid groups (broad SMARTS) is 1. The fraction of sp³-hybridized carbons (Fsp3) is 0.125. The topological polar surface area (TPSA) is 95.5 Å². The largest absolute Gasteiger partial charge is 0.478 e. The van der Waals surface area contributed by atoms with Crippen LogP contribution in [0.5, 0.6) is 0 Å². The lowest BCUT2D eigenvalue weighted by Crippen LogP contribution is -2.18. The van der Waals surface area contributed by atoms with Crippen molar-refractivity contribution in [1.29, 1.82) is 0 Å². The third-order valence-corrected chi connectivity index (χ3v) is 7.67. The van der Waals surface area contributed by atoms with Crippen LogP contribution in [0.4, 0.5) is 11.4 Å². The molecule has 6 nitrogen and oxygen atoms in total. The molecule has 182 valence electrons. The van der Waals surface area contributed by atoms with E-state index in [9.17, 15) is 19.5 Å². The quantitative estimate of drug-likeness (QED) is 0.154. The summed E-state index contributed by atoms with van der Waals surface area (Å²) in [6, 6.07) is 12.5. The van der Waals surface area contributed by atoms with Gasteiger partial charge >= 0.3 is 5.97 Å². The highest BCUT2D eigenvalue weighted by molar-refractivity contribution is 8.00. The number of hydrogen-bond acceptors (Lipinski definition) is 4. The van der Waals surface area contributed by atoms with E-state index < -0.39 is 23.0 Å². The van der Waals surface area contributed by atoms with Gasteiger partial charge < -0.3 is 15.7 Å². The number of nitrogens with one attached hydrogen (secondary N) is 2. The maximum atomic E-state index is 12.8. The molecular weight excluding hydrogens is 554 g/mol. The Hall–Kier alpha value is -2.42. The molecule has 0 spiro atoms. The Balaban J connectivity index is 1.68. The Morgan fingerprint density at radius 1 is 0.829 bits per heavy atom. The lowest BCUT2D eigenvalue weighted by molar-refractivity contribution is -0.113. The van der Waals surface area contributed by atoms with E-state index in [1.165, 1.54) is 11.8 Å². The average molecular weight is 572 g/mol. The predicted molar refractivity (Wildman–Crippen MR) is 143 cm³/mol. The number of anilines is 2. The smallest absolute Gasteiger partial charge is 0.338 e. The maximum absolute atomic E-state index is 12.8. The Morgan fingerprint density at radius 2 is 1.43 bits per heavy atom. The second kappa shape index (κ2) is 11.5. The molecule has 0 heterocycles. The molecule has 3 aromatic carbocycles. The molecule has 0 aliphatic carbocycles. The first-order valence-corrected chi connectivity index (χ1v) is 12.5. The summed E-state index contributed by atoms with van der Waals surface area (Å²) >= 11 is 25.4. The third-order valence-electron chi connectivity index (χ3n) is 4.86. The minimum absolute atomic E-state index is 0.145. The van der Waals surface area contributed by atoms with Crippen LogP contribution < -0.4 is 10.6 Å². The highest BCUT2D eigenvalue weighted by Crippen LogP contribution is 2.41. The summed E-state index contributed by atoms with van der Waals surface area (Å²) in [6.45, 7) is 3.88. The van der Waals surface area contributed by atoms with Gasteiger partial charge in [0.25, 0.3) is 5.91 Å². The second-order valence-corrected chi connectivity index (χ2v) is 10.0. The molecule has 0 radical (unpaired) electrons. The molecule has 3 rings (SSSR count). The summed E-state index contributed by atoms with van der Waals surface area (Å²) in [5.74, 6) is -2.25. The zero-order valence-electron chi connectivity index (χ0n) is 18.3. The molecule has 0 unspecified atom stereocenters. The summed E-state index contributed by atoms with van der Waals surface area (Å²) in [7, 11) is 0. The van der Waals surface area contributed by atoms with Crippen LogP contribution >= 0.6 is 58.2 Å². The average Bonchev–Trinajstić information content (AvgIpc) is 2.81. The number of benzene rings is 3. The van der Waals surface area contributed by atoms with Crippen molar-refractivity contribution in [2.75, 3.05) is 16.4 Å². The van der Waals surface area contributed by atoms with Crippen molar-refractivity contribution in [3.05, 3.63) is 84.8 Å². The fourth-order valence-corrected chi connectivity index (χ4v) is 4.80. The summed E-state index contributed by atoms with van der Waals surface area (Å²) in [4.78, 5) is 37.6. The Morgan fingerprint density at radius 3 is 2.03 bits per heavy atom. The van der Waals surface area contributed by atoms with E-state index in [2.05, 4.69) is 10.6 Å². The van der Waals surface area contributed by atoms with Crippen molar-refractivity contribution >= 4 is 87.3 Å². The highest BCUT2D eigenvalue weighted by Gasteiger charge is 2.28. The van der Waals surface area contributed by atoms with Crippen molar-refractivity contribution in [2.24, 2.45) is 0 Å². The van der Waals surface area contributed by atoms with Gasteiger partial charge in [0.15, 0.2) is 0 Å². The van der Waals surface area contributed by atoms with Crippen LogP contribution in [0.2, 0.25) is 20.1 Å². The molecule has 2 amide bonds. The van der Waals surface area contributed by atoms with Crippen LogP contribution in [0, 0.1) is 13.8 Å². The monoisotopic (exact) mass is 570 g/mol. The SMILES string of the molecule is Cc1ccc(C)c(NC(=O)CSc2ccc(NC(=O)c3c(Cl)c(Cl)c(Cl)c(Cl)c3C(=O)O)cc2)c1. The van der Waals surface area contributed by atoms with Crippen LogP contribution in [-0.2, 0) is 4.79 Å². The zero-order valence-corrected chi connectivity index (χ0v) is 22.2. The van der Waals surface area contributed by atoms with Crippen LogP contribution in [0.3, 0.4) is 0 Å². The number of hydrogen-bond donors (Lipinski definition) is 3. The van der Waals surface area contributed by atoms with Gasteiger partial charge in [-0.2, -0.15) is 0 Å². The van der Waals surface area contributed by atoms with E-state index >= 15 is 0 Å². The molecule has 3 aromatic rings. The van der Waals surface area contributed by atoms with Crippen molar-refractivity contribution < 1.29 is 19.5 Å². The molecule has 0 saturated carbocycles. The molecule has 0 saturated heterocycles. The number of aryl methyl sites for hydroxylation is 2. The molecule has 0 bridgehead atoms. The van der Waals surface area contributed by atoms with Gasteiger partial charge in [0.2, 0.25) is 5.91 Å². The summed E-state index contributed by atoms with van der Waals surface area (Å²) in [5.41, 5.74) is 2.22. The van der Waals surface area contributed by atoms with E-state index in [1.54, 1.807) is 24.3 Å². The molecule has 0 aromatic heterocycles. The Labute approximate surface area is 225 Å². The molecule has 35 heavy (non-hydrogen) atoms. The third kappa shape index (κ3) is 6.42. The van der Waals surface area contributed by atoms with Gasteiger partial charge in [0.05, 0.1) is 37.0 Å². The van der Waals surface area contributed by atoms with Gasteiger partial charge in [-0.05, 0) is 55.3 Å². The normalized spacial score (nSPS) is 10.7. The number of halogens is 4. The Bertz CT molecular complexity index is 1330. The zero-order chi connectivity index (χ0) is 25.9. The van der Waals surface area contributed by atoms with Gasteiger partial charge in [-0.3, -0.25) is 9.59 Å². The molecule has 11 heteroatoms. The Kier molecular flexibility index (Phi) is 8.96. The van der Waals surface area contributed by atoms with Crippen molar-refractivity contribution in [2.45, 2.75) is 18.7 Å². The number of rotatable bonds is 7. The number of aromatic carboxylic acids is 1. The van der Waals surface area contributed by atoms with Gasteiger partial charge in [-0.15, -0.1) is 11.8 Å². The first-order valence-electron chi connectivity index (χ1n) is 10.00. The summed E-state index contributed by atoms with van der Waals surface area (Å²) < 4.78 is 0. The predicted octanol–water partition coefficient (Wildman–Crippen LogP) is 7.60. The van der Waals surface area contributed by atoms with Crippen LogP contribution in [-0.4, -0.2) is 28.6 Å². The molecule has 0 fully saturated rings. The van der Waals surface area contributed by atoms with Crippen LogP contribution in [0.25, 0.3) is 0 Å². The number of carboxylic acids is 1. The number of carbonyl (C=O) groups is 3. The summed E-state index contributed by atoms with van der Waals surface area (Å²) in [5, 5.41) is 13.8. The van der Waals surface area contributed by atoms with E-state index in [0.29, 0.717) is 5.69 Å². The van der Waals surface area contributed by atoms with Gasteiger partial charge in [0, 0.05) is 16.3 Å². The standard InChI is InChI=1S/C24H18Cl4N2O4S/c1-11-3-4-12(2)15(9-11)30-16(31)10-35-14-7-5-13(6-8-14)29-23(32)17-18(24(33)34)20(26)22(28)21(27)19(17)25/h3-9H,10H2,1-2H3,(H,29,32)(H,30,31)(H,33,34). The van der Waals surface area contributed by atoms with Crippen molar-refractivity contribution in [1.82, 2.24) is 0 Å². The highest BCUT2D eigenvalue weighted by atomic mass is 35.5. The second-order valence-electron chi connectivity index (χ2n) is 7.44. The maximum Gasteiger partial charge on any atom is 0.338 e. The molecule has 0 aliphatic heterocycles. The van der Waals surface area contributed by atoms with E-state index in [4.69, 9.17) is 46.4 Å². The first kappa shape index (κ1) is 27.2. The van der Waals surface area contributed by atoms with Crippen LogP contribution in [0.15, 0.2) is 47.4 Å². The number of carbonyl (C=O) groups excluding carboxylic acids is 2. The fourth-order valence-electron chi connectivity index (χ4n) is 3.08. The van der Waals surface area contributed by atoms with Gasteiger partial charge in [0.1, 0.15) is 0 Å². The van der Waals surface area contributed by atoms with E-state index in [1.807, 2.05) is 32.0 Å². The summed E-state index contributed by atoms with van der Waals surface area (Å²) in [6.07, 6.45) is 0. The van der Waals surface area contributed by atoms with Gasteiger partial charge in [-0.25, -0.2) is 4.79 Å². The molecular formula is C24H18Cl4N2O4S. The van der Waals surface area contributed by atoms with Crippen molar-refractivity contribution in [3.8, 4) is 0 Å². The molecule has 0 aliphatic rings. The number of thioether (sulfide) groups is 1. The van der Waals surface area contributed by atoms with E-state index in [0.717, 1.165) is 21.7 Å². The minimum Gasteiger partial charge on any atom is -0.478 e. The van der Waals surface area contributed by atoms with Crippen molar-refractivity contribution in [3.63, 3.8) is 0 Å². The molecule has 0 atom stereocenters. The minimum atomic E-state index is -1.48. The number of amides is 2.